The average Bonchev–Trinajstić information content (AvgIpc) is 3.08. The number of hydrogen-bond donors (Lipinski definition) is 2. The molecule has 1 fully saturated rings. The first kappa shape index (κ1) is 23.4. The van der Waals surface area contributed by atoms with Gasteiger partial charge >= 0.3 is 6.03 Å². The van der Waals surface area contributed by atoms with Crippen LogP contribution in [0.4, 0.5) is 16.2 Å². The van der Waals surface area contributed by atoms with E-state index < -0.39 is 34.9 Å². The lowest BCUT2D eigenvalue weighted by Crippen LogP contribution is -2.42. The number of imide groups is 1. The van der Waals surface area contributed by atoms with Crippen LogP contribution in [0.2, 0.25) is 0 Å². The maximum Gasteiger partial charge on any atom is 0.325 e. The highest BCUT2D eigenvalue weighted by atomic mass is 16.6. The Kier molecular flexibility index (Phi) is 6.45. The Bertz CT molecular complexity index is 1260. The van der Waals surface area contributed by atoms with Crippen molar-refractivity contribution in [3.63, 3.8) is 0 Å². The van der Waals surface area contributed by atoms with Crippen LogP contribution < -0.4 is 15.4 Å². The lowest BCUT2D eigenvalue weighted by molar-refractivity contribution is -0.384. The molecule has 1 atom stereocenters. The van der Waals surface area contributed by atoms with Gasteiger partial charge in [0.05, 0.1) is 4.92 Å². The molecular weight excluding hydrogens is 452 g/mol. The Labute approximate surface area is 200 Å². The van der Waals surface area contributed by atoms with Crippen LogP contribution in [0.3, 0.4) is 0 Å². The van der Waals surface area contributed by atoms with Crippen LogP contribution in [0, 0.1) is 10.1 Å². The Morgan fingerprint density at radius 2 is 1.69 bits per heavy atom. The summed E-state index contributed by atoms with van der Waals surface area (Å²) in [7, 11) is 0. The van der Waals surface area contributed by atoms with Crippen molar-refractivity contribution in [3.05, 3.63) is 100 Å². The van der Waals surface area contributed by atoms with E-state index in [9.17, 15) is 24.5 Å². The molecule has 2 N–H and O–H groups in total. The third-order valence-electron chi connectivity index (χ3n) is 5.62. The van der Waals surface area contributed by atoms with Gasteiger partial charge in [0.2, 0.25) is 5.91 Å². The van der Waals surface area contributed by atoms with E-state index in [4.69, 9.17) is 4.74 Å². The van der Waals surface area contributed by atoms with E-state index in [1.165, 1.54) is 31.2 Å². The first-order valence-electron chi connectivity index (χ1n) is 10.7. The third kappa shape index (κ3) is 5.11. The Morgan fingerprint density at radius 3 is 2.31 bits per heavy atom. The molecular formula is C25H22N4O6. The van der Waals surface area contributed by atoms with Crippen molar-refractivity contribution in [3.8, 4) is 5.75 Å². The van der Waals surface area contributed by atoms with E-state index >= 15 is 0 Å². The molecule has 0 aromatic heterocycles. The number of nitro groups is 1. The van der Waals surface area contributed by atoms with Gasteiger partial charge in [-0.1, -0.05) is 30.3 Å². The van der Waals surface area contributed by atoms with E-state index in [1.54, 1.807) is 24.3 Å². The topological polar surface area (TPSA) is 131 Å². The molecule has 4 amide bonds. The molecule has 0 unspecified atom stereocenters. The van der Waals surface area contributed by atoms with Crippen molar-refractivity contribution < 1.29 is 24.0 Å². The van der Waals surface area contributed by atoms with Crippen molar-refractivity contribution in [2.24, 2.45) is 0 Å². The van der Waals surface area contributed by atoms with Crippen molar-refractivity contribution in [1.82, 2.24) is 10.2 Å². The van der Waals surface area contributed by atoms with E-state index in [0.717, 1.165) is 10.5 Å². The normalized spacial score (nSPS) is 17.1. The molecule has 1 heterocycles. The molecule has 3 aromatic carbocycles. The van der Waals surface area contributed by atoms with Gasteiger partial charge in [-0.25, -0.2) is 4.79 Å². The van der Waals surface area contributed by atoms with Gasteiger partial charge in [0.25, 0.3) is 11.6 Å². The van der Waals surface area contributed by atoms with E-state index in [-0.39, 0.29) is 5.69 Å². The van der Waals surface area contributed by atoms with Gasteiger partial charge < -0.3 is 15.4 Å². The highest BCUT2D eigenvalue weighted by molar-refractivity contribution is 6.10. The van der Waals surface area contributed by atoms with Crippen molar-refractivity contribution in [2.75, 3.05) is 11.9 Å². The SMILES string of the molecule is C[C@@]1(c2ccc([N+](=O)[O-])cc2)NC(=O)N(CC(=O)Nc2ccc(OCc3ccccc3)cc2)C1=O. The summed E-state index contributed by atoms with van der Waals surface area (Å²) in [5.41, 5.74) is 0.299. The Balaban J connectivity index is 1.35. The highest BCUT2D eigenvalue weighted by Crippen LogP contribution is 2.30. The van der Waals surface area contributed by atoms with Gasteiger partial charge in [-0.3, -0.25) is 24.6 Å². The number of hydrogen-bond acceptors (Lipinski definition) is 6. The number of benzene rings is 3. The fourth-order valence-corrected chi connectivity index (χ4v) is 3.67. The minimum Gasteiger partial charge on any atom is -0.489 e. The van der Waals surface area contributed by atoms with E-state index in [1.807, 2.05) is 30.3 Å². The molecule has 0 aliphatic carbocycles. The summed E-state index contributed by atoms with van der Waals surface area (Å²) in [6, 6.07) is 21.0. The molecule has 178 valence electrons. The summed E-state index contributed by atoms with van der Waals surface area (Å²) >= 11 is 0. The summed E-state index contributed by atoms with van der Waals surface area (Å²) in [5, 5.41) is 16.1. The quantitative estimate of drug-likeness (QED) is 0.291. The number of nitrogens with one attached hydrogen (secondary N) is 2. The van der Waals surface area contributed by atoms with Gasteiger partial charge in [0.15, 0.2) is 0 Å². The van der Waals surface area contributed by atoms with Crippen molar-refractivity contribution in [1.29, 1.82) is 0 Å². The number of carbonyl (C=O) groups is 3. The maximum absolute atomic E-state index is 13.0. The van der Waals surface area contributed by atoms with Gasteiger partial charge in [0, 0.05) is 17.8 Å². The number of anilines is 1. The number of urea groups is 1. The lowest BCUT2D eigenvalue weighted by atomic mass is 9.92. The second-order valence-electron chi connectivity index (χ2n) is 8.10. The zero-order valence-corrected chi connectivity index (χ0v) is 18.8. The number of nitro benzene ring substituents is 1. The zero-order valence-electron chi connectivity index (χ0n) is 18.8. The number of amides is 4. The molecule has 0 radical (unpaired) electrons. The van der Waals surface area contributed by atoms with Crippen LogP contribution >= 0.6 is 0 Å². The van der Waals surface area contributed by atoms with Crippen LogP contribution in [-0.4, -0.2) is 34.2 Å². The van der Waals surface area contributed by atoms with Crippen LogP contribution in [0.5, 0.6) is 5.75 Å². The second kappa shape index (κ2) is 9.64. The number of non-ortho nitro benzene ring substituents is 1. The van der Waals surface area contributed by atoms with Crippen LogP contribution in [0.1, 0.15) is 18.1 Å². The molecule has 10 heteroatoms. The second-order valence-corrected chi connectivity index (χ2v) is 8.10. The summed E-state index contributed by atoms with van der Waals surface area (Å²) in [5.74, 6) is -0.560. The summed E-state index contributed by atoms with van der Waals surface area (Å²) < 4.78 is 5.72. The Morgan fingerprint density at radius 1 is 1.03 bits per heavy atom. The zero-order chi connectivity index (χ0) is 25.0. The molecule has 10 nitrogen and oxygen atoms in total. The molecule has 0 bridgehead atoms. The number of carbonyl (C=O) groups excluding carboxylic acids is 3. The molecule has 3 aromatic rings. The fraction of sp³-hybridized carbons (Fsp3) is 0.160. The summed E-state index contributed by atoms with van der Waals surface area (Å²) in [6.45, 7) is 1.41. The standard InChI is InChI=1S/C25H22N4O6/c1-25(18-7-11-20(12-8-18)29(33)34)23(31)28(24(32)27-25)15-22(30)26-19-9-13-21(14-10-19)35-16-17-5-3-2-4-6-17/h2-14H,15-16H2,1H3,(H,26,30)(H,27,32)/t25-/m0/s1. The predicted octanol–water partition coefficient (Wildman–Crippen LogP) is 3.58. The largest absolute Gasteiger partial charge is 0.489 e. The molecule has 1 aliphatic rings. The predicted molar refractivity (Wildman–Crippen MR) is 127 cm³/mol. The van der Waals surface area contributed by atoms with Crippen molar-refractivity contribution >= 4 is 29.2 Å². The lowest BCUT2D eigenvalue weighted by Gasteiger charge is -2.22. The highest BCUT2D eigenvalue weighted by Gasteiger charge is 2.49. The summed E-state index contributed by atoms with van der Waals surface area (Å²) in [4.78, 5) is 49.1. The van der Waals surface area contributed by atoms with Crippen LogP contribution in [0.25, 0.3) is 0 Å². The minimum absolute atomic E-state index is 0.137. The monoisotopic (exact) mass is 474 g/mol. The minimum atomic E-state index is -1.44. The van der Waals surface area contributed by atoms with Crippen molar-refractivity contribution in [2.45, 2.75) is 19.1 Å². The smallest absolute Gasteiger partial charge is 0.325 e. The fourth-order valence-electron chi connectivity index (χ4n) is 3.67. The average molecular weight is 474 g/mol. The van der Waals surface area contributed by atoms with Gasteiger partial charge in [0.1, 0.15) is 24.4 Å². The number of rotatable bonds is 8. The molecule has 1 saturated heterocycles. The first-order valence-corrected chi connectivity index (χ1v) is 10.7. The number of ether oxygens (including phenoxy) is 1. The van der Waals surface area contributed by atoms with Crippen LogP contribution in [-0.2, 0) is 21.7 Å². The maximum atomic E-state index is 13.0. The van der Waals surface area contributed by atoms with Gasteiger partial charge in [-0.2, -0.15) is 0 Å². The van der Waals surface area contributed by atoms with Crippen LogP contribution in [0.15, 0.2) is 78.9 Å². The molecule has 0 spiro atoms. The van der Waals surface area contributed by atoms with Gasteiger partial charge in [-0.05, 0) is 54.4 Å². The molecule has 0 saturated carbocycles. The summed E-state index contributed by atoms with van der Waals surface area (Å²) in [6.07, 6.45) is 0. The molecule has 4 rings (SSSR count). The molecule has 1 aliphatic heterocycles. The van der Waals surface area contributed by atoms with E-state index in [0.29, 0.717) is 23.6 Å². The third-order valence-corrected chi connectivity index (χ3v) is 5.62. The van der Waals surface area contributed by atoms with E-state index in [2.05, 4.69) is 10.6 Å². The Hall–Kier alpha value is -4.73. The van der Waals surface area contributed by atoms with Gasteiger partial charge in [-0.15, -0.1) is 0 Å². The first-order chi connectivity index (χ1) is 16.8. The number of nitrogens with zero attached hydrogens (tertiary/aromatic N) is 2. The molecule has 35 heavy (non-hydrogen) atoms.